The standard InChI is InChI=1S/C30H36N2O7S/c1-37-28-14-13-27(20-29(28)39-25-12-11-24(19-25)38-23-15-17-31-18-16-23)40(35,36)26(21-30(33)32-34)10-6-5-9-22-7-3-2-4-8-22/h2-4,7-8,13-18,20,24-26,34H,5-6,9-12,19,21H2,1H3,(H,32,33)/t24-,25-,26?/m1/s1. The van der Waals surface area contributed by atoms with Crippen molar-refractivity contribution in [1.82, 2.24) is 10.5 Å². The lowest BCUT2D eigenvalue weighted by atomic mass is 10.1. The van der Waals surface area contributed by atoms with E-state index >= 15 is 0 Å². The zero-order valence-electron chi connectivity index (χ0n) is 22.6. The number of hydroxylamine groups is 1. The molecule has 1 unspecified atom stereocenters. The molecule has 2 N–H and O–H groups in total. The molecule has 0 radical (unpaired) electrons. The first-order valence-electron chi connectivity index (χ1n) is 13.5. The van der Waals surface area contributed by atoms with Crippen LogP contribution in [0.15, 0.2) is 78.0 Å². The van der Waals surface area contributed by atoms with Crippen molar-refractivity contribution in [3.05, 3.63) is 78.6 Å². The lowest BCUT2D eigenvalue weighted by Gasteiger charge is -2.20. The number of sulfone groups is 1. The lowest BCUT2D eigenvalue weighted by molar-refractivity contribution is -0.129. The molecule has 4 rings (SSSR count). The van der Waals surface area contributed by atoms with Crippen LogP contribution in [0.4, 0.5) is 0 Å². The molecule has 0 aliphatic heterocycles. The van der Waals surface area contributed by atoms with Gasteiger partial charge >= 0.3 is 0 Å². The number of ether oxygens (including phenoxy) is 3. The number of hydrogen-bond acceptors (Lipinski definition) is 8. The zero-order chi connectivity index (χ0) is 28.4. The van der Waals surface area contributed by atoms with Crippen molar-refractivity contribution < 1.29 is 32.6 Å². The second-order valence-electron chi connectivity index (χ2n) is 9.93. The molecule has 1 aliphatic rings. The number of hydrogen-bond donors (Lipinski definition) is 2. The molecule has 1 aromatic heterocycles. The summed E-state index contributed by atoms with van der Waals surface area (Å²) < 4.78 is 45.1. The van der Waals surface area contributed by atoms with Crippen LogP contribution in [0.5, 0.6) is 17.2 Å². The van der Waals surface area contributed by atoms with E-state index in [9.17, 15) is 13.2 Å². The quantitative estimate of drug-likeness (QED) is 0.160. The van der Waals surface area contributed by atoms with Crippen LogP contribution in [0.3, 0.4) is 0 Å². The highest BCUT2D eigenvalue weighted by atomic mass is 32.2. The van der Waals surface area contributed by atoms with Gasteiger partial charge in [-0.15, -0.1) is 0 Å². The fourth-order valence-electron chi connectivity index (χ4n) is 4.99. The van der Waals surface area contributed by atoms with Gasteiger partial charge in [0.1, 0.15) is 18.0 Å². The minimum Gasteiger partial charge on any atom is -0.493 e. The van der Waals surface area contributed by atoms with E-state index in [0.717, 1.165) is 31.4 Å². The largest absolute Gasteiger partial charge is 0.493 e. The minimum atomic E-state index is -3.92. The number of amides is 1. The SMILES string of the molecule is COc1ccc(S(=O)(=O)C(CCCCc2ccccc2)CC(=O)NO)cc1O[C@@H]1CC[C@@H](Oc2ccncc2)C1. The maximum Gasteiger partial charge on any atom is 0.244 e. The minimum absolute atomic E-state index is 0.0254. The van der Waals surface area contributed by atoms with E-state index in [4.69, 9.17) is 19.4 Å². The number of nitrogens with one attached hydrogen (secondary N) is 1. The van der Waals surface area contributed by atoms with Crippen LogP contribution in [0.1, 0.15) is 50.5 Å². The van der Waals surface area contributed by atoms with Gasteiger partial charge in [-0.3, -0.25) is 15.0 Å². The van der Waals surface area contributed by atoms with Gasteiger partial charge in [-0.25, -0.2) is 13.9 Å². The molecule has 1 fully saturated rings. The van der Waals surface area contributed by atoms with Gasteiger partial charge in [-0.2, -0.15) is 0 Å². The zero-order valence-corrected chi connectivity index (χ0v) is 23.4. The van der Waals surface area contributed by atoms with Crippen LogP contribution in [-0.2, 0) is 21.1 Å². The topological polar surface area (TPSA) is 124 Å². The number of aryl methyl sites for hydroxylation is 1. The molecule has 1 amide bonds. The van der Waals surface area contributed by atoms with Crippen LogP contribution in [-0.4, -0.2) is 49.1 Å². The molecule has 1 aliphatic carbocycles. The van der Waals surface area contributed by atoms with E-state index < -0.39 is 21.0 Å². The third kappa shape index (κ3) is 7.95. The van der Waals surface area contributed by atoms with Gasteiger partial charge in [0.15, 0.2) is 21.3 Å². The molecule has 3 atom stereocenters. The van der Waals surface area contributed by atoms with Crippen molar-refractivity contribution in [2.75, 3.05) is 7.11 Å². The predicted octanol–water partition coefficient (Wildman–Crippen LogP) is 4.92. The molecule has 3 aromatic rings. The fourth-order valence-corrected chi connectivity index (χ4v) is 6.75. The fraction of sp³-hybridized carbons (Fsp3) is 0.400. The average Bonchev–Trinajstić information content (AvgIpc) is 3.41. The summed E-state index contributed by atoms with van der Waals surface area (Å²) in [5.41, 5.74) is 2.74. The Balaban J connectivity index is 1.44. The second-order valence-corrected chi connectivity index (χ2v) is 12.2. The molecule has 1 heterocycles. The number of nitrogens with zero attached hydrogens (tertiary/aromatic N) is 1. The Labute approximate surface area is 235 Å². The number of carbonyl (C=O) groups excluding carboxylic acids is 1. The van der Waals surface area contributed by atoms with Crippen LogP contribution in [0.2, 0.25) is 0 Å². The first-order chi connectivity index (χ1) is 19.4. The molecule has 40 heavy (non-hydrogen) atoms. The predicted molar refractivity (Wildman–Crippen MR) is 149 cm³/mol. The first-order valence-corrected chi connectivity index (χ1v) is 15.1. The van der Waals surface area contributed by atoms with Crippen molar-refractivity contribution in [2.24, 2.45) is 0 Å². The number of pyridine rings is 1. The molecule has 0 bridgehead atoms. The summed E-state index contributed by atoms with van der Waals surface area (Å²) in [5.74, 6) is 0.749. The smallest absolute Gasteiger partial charge is 0.244 e. The van der Waals surface area contributed by atoms with Gasteiger partial charge in [0.25, 0.3) is 0 Å². The van der Waals surface area contributed by atoms with Crippen LogP contribution < -0.4 is 19.7 Å². The van der Waals surface area contributed by atoms with E-state index in [0.29, 0.717) is 24.3 Å². The number of unbranched alkanes of at least 4 members (excludes halogenated alkanes) is 1. The molecule has 214 valence electrons. The maximum atomic E-state index is 13.7. The van der Waals surface area contributed by atoms with Gasteiger partial charge < -0.3 is 14.2 Å². The van der Waals surface area contributed by atoms with Crippen molar-refractivity contribution in [1.29, 1.82) is 0 Å². The van der Waals surface area contributed by atoms with Crippen molar-refractivity contribution in [2.45, 2.75) is 73.7 Å². The van der Waals surface area contributed by atoms with E-state index in [1.54, 1.807) is 36.1 Å². The molecule has 0 saturated heterocycles. The lowest BCUT2D eigenvalue weighted by Crippen LogP contribution is -2.30. The Kier molecular flexibility index (Phi) is 10.4. The molecule has 9 nitrogen and oxygen atoms in total. The normalized spacial score (nSPS) is 17.6. The number of carbonyl (C=O) groups is 1. The average molecular weight is 569 g/mol. The molecular formula is C30H36N2O7S. The summed E-state index contributed by atoms with van der Waals surface area (Å²) in [4.78, 5) is 16.1. The van der Waals surface area contributed by atoms with Gasteiger partial charge in [0, 0.05) is 31.3 Å². The number of aromatic nitrogens is 1. The Morgan fingerprint density at radius 3 is 2.42 bits per heavy atom. The highest BCUT2D eigenvalue weighted by Gasteiger charge is 2.32. The van der Waals surface area contributed by atoms with E-state index in [-0.39, 0.29) is 29.9 Å². The first kappa shape index (κ1) is 29.4. The van der Waals surface area contributed by atoms with E-state index in [1.807, 2.05) is 30.3 Å². The summed E-state index contributed by atoms with van der Waals surface area (Å²) >= 11 is 0. The van der Waals surface area contributed by atoms with Crippen LogP contribution >= 0.6 is 0 Å². The summed E-state index contributed by atoms with van der Waals surface area (Å²) in [6.07, 6.45) is 7.48. The van der Waals surface area contributed by atoms with Gasteiger partial charge in [-0.05, 0) is 61.9 Å². The summed E-state index contributed by atoms with van der Waals surface area (Å²) in [6, 6.07) is 18.1. The number of methoxy groups -OCH3 is 1. The monoisotopic (exact) mass is 568 g/mol. The molecule has 0 spiro atoms. The Bertz CT molecular complexity index is 1340. The molecule has 2 aromatic carbocycles. The Morgan fingerprint density at radius 1 is 1.00 bits per heavy atom. The highest BCUT2D eigenvalue weighted by molar-refractivity contribution is 7.92. The molecule has 10 heteroatoms. The summed E-state index contributed by atoms with van der Waals surface area (Å²) in [6.45, 7) is 0. The van der Waals surface area contributed by atoms with Crippen LogP contribution in [0.25, 0.3) is 0 Å². The van der Waals surface area contributed by atoms with Gasteiger partial charge in [0.05, 0.1) is 17.3 Å². The Morgan fingerprint density at radius 2 is 1.73 bits per heavy atom. The summed E-state index contributed by atoms with van der Waals surface area (Å²) in [7, 11) is -2.42. The third-order valence-electron chi connectivity index (χ3n) is 7.11. The van der Waals surface area contributed by atoms with Crippen molar-refractivity contribution >= 4 is 15.7 Å². The van der Waals surface area contributed by atoms with E-state index in [1.165, 1.54) is 24.8 Å². The number of rotatable bonds is 14. The third-order valence-corrected chi connectivity index (χ3v) is 9.30. The number of benzene rings is 2. The van der Waals surface area contributed by atoms with Gasteiger partial charge in [0.2, 0.25) is 5.91 Å². The highest BCUT2D eigenvalue weighted by Crippen LogP contribution is 2.36. The summed E-state index contributed by atoms with van der Waals surface area (Å²) in [5, 5.41) is 8.08. The van der Waals surface area contributed by atoms with Gasteiger partial charge in [-0.1, -0.05) is 36.8 Å². The van der Waals surface area contributed by atoms with E-state index in [2.05, 4.69) is 4.98 Å². The maximum absolute atomic E-state index is 13.7. The Hall–Kier alpha value is -3.63. The second kappa shape index (κ2) is 14.1. The van der Waals surface area contributed by atoms with Crippen molar-refractivity contribution in [3.8, 4) is 17.2 Å². The molecule has 1 saturated carbocycles. The van der Waals surface area contributed by atoms with Crippen LogP contribution in [0, 0.1) is 0 Å². The molecular weight excluding hydrogens is 532 g/mol. The van der Waals surface area contributed by atoms with Crippen molar-refractivity contribution in [3.63, 3.8) is 0 Å².